The molecule has 0 saturated heterocycles. The van der Waals surface area contributed by atoms with Gasteiger partial charge in [-0.3, -0.25) is 0 Å². The summed E-state index contributed by atoms with van der Waals surface area (Å²) in [5, 5.41) is 5.67. The number of nitrogens with zero attached hydrogens (tertiary/aromatic N) is 2. The Labute approximate surface area is 117 Å². The second-order valence-electron chi connectivity index (χ2n) is 4.46. The molecule has 6 heteroatoms. The van der Waals surface area contributed by atoms with Crippen molar-refractivity contribution < 1.29 is 9.13 Å². The van der Waals surface area contributed by atoms with E-state index in [4.69, 9.17) is 4.74 Å². The van der Waals surface area contributed by atoms with Crippen LogP contribution < -0.4 is 15.4 Å². The molecule has 2 N–H and O–H groups in total. The number of ether oxygens (including phenoxy) is 1. The average molecular weight is 276 g/mol. The molecule has 0 aliphatic carbocycles. The Kier molecular flexibility index (Phi) is 4.34. The normalized spacial score (nSPS) is 10.4. The lowest BCUT2D eigenvalue weighted by Crippen LogP contribution is -2.05. The number of anilines is 3. The van der Waals surface area contributed by atoms with E-state index in [1.807, 2.05) is 26.0 Å². The lowest BCUT2D eigenvalue weighted by atomic mass is 10.3. The SMILES string of the molecule is CNc1ncc(F)c(Nc2ccc(OC(C)C)cc2)n1. The van der Waals surface area contributed by atoms with E-state index in [0.29, 0.717) is 5.95 Å². The van der Waals surface area contributed by atoms with Crippen molar-refractivity contribution in [3.63, 3.8) is 0 Å². The zero-order valence-electron chi connectivity index (χ0n) is 11.6. The Morgan fingerprint density at radius 1 is 1.20 bits per heavy atom. The fraction of sp³-hybridized carbons (Fsp3) is 0.286. The standard InChI is InChI=1S/C14H17FN4O/c1-9(2)20-11-6-4-10(5-7-11)18-13-12(15)8-17-14(16-3)19-13/h4-9H,1-3H3,(H2,16,17,18,19). The van der Waals surface area contributed by atoms with Crippen LogP contribution in [0.15, 0.2) is 30.5 Å². The van der Waals surface area contributed by atoms with Gasteiger partial charge in [-0.1, -0.05) is 0 Å². The van der Waals surface area contributed by atoms with Gasteiger partial charge in [-0.15, -0.1) is 0 Å². The minimum atomic E-state index is -0.508. The van der Waals surface area contributed by atoms with Crippen molar-refractivity contribution in [2.24, 2.45) is 0 Å². The first kappa shape index (κ1) is 14.0. The average Bonchev–Trinajstić information content (AvgIpc) is 2.43. The van der Waals surface area contributed by atoms with Gasteiger partial charge in [-0.25, -0.2) is 9.37 Å². The summed E-state index contributed by atoms with van der Waals surface area (Å²) in [5.41, 5.74) is 0.723. The Bertz CT molecular complexity index is 572. The summed E-state index contributed by atoms with van der Waals surface area (Å²) in [6.07, 6.45) is 1.24. The molecule has 0 radical (unpaired) electrons. The topological polar surface area (TPSA) is 59.1 Å². The maximum absolute atomic E-state index is 13.6. The molecule has 0 saturated carbocycles. The second kappa shape index (κ2) is 6.18. The number of benzene rings is 1. The van der Waals surface area contributed by atoms with Crippen LogP contribution in [0.1, 0.15) is 13.8 Å². The number of nitrogens with one attached hydrogen (secondary N) is 2. The monoisotopic (exact) mass is 276 g/mol. The minimum absolute atomic E-state index is 0.117. The number of hydrogen-bond donors (Lipinski definition) is 2. The van der Waals surface area contributed by atoms with Crippen molar-refractivity contribution in [1.82, 2.24) is 9.97 Å². The molecule has 20 heavy (non-hydrogen) atoms. The minimum Gasteiger partial charge on any atom is -0.491 e. The Morgan fingerprint density at radius 3 is 2.50 bits per heavy atom. The van der Waals surface area contributed by atoms with E-state index < -0.39 is 5.82 Å². The van der Waals surface area contributed by atoms with Gasteiger partial charge in [-0.2, -0.15) is 4.98 Å². The highest BCUT2D eigenvalue weighted by Crippen LogP contribution is 2.21. The molecule has 0 amide bonds. The van der Waals surface area contributed by atoms with Crippen LogP contribution in [0.2, 0.25) is 0 Å². The summed E-state index contributed by atoms with van der Waals surface area (Å²) < 4.78 is 19.1. The van der Waals surface area contributed by atoms with Crippen LogP contribution in [0.4, 0.5) is 21.8 Å². The third-order valence-electron chi connectivity index (χ3n) is 2.46. The molecule has 1 aromatic carbocycles. The van der Waals surface area contributed by atoms with Gasteiger partial charge in [0.25, 0.3) is 0 Å². The number of halogens is 1. The number of hydrogen-bond acceptors (Lipinski definition) is 5. The van der Waals surface area contributed by atoms with E-state index in [9.17, 15) is 4.39 Å². The molecule has 0 bridgehead atoms. The molecular weight excluding hydrogens is 259 g/mol. The maximum Gasteiger partial charge on any atom is 0.224 e. The molecule has 0 spiro atoms. The lowest BCUT2D eigenvalue weighted by molar-refractivity contribution is 0.242. The Balaban J connectivity index is 2.13. The molecule has 0 aliphatic rings. The van der Waals surface area contributed by atoms with E-state index in [1.165, 1.54) is 0 Å². The first-order valence-corrected chi connectivity index (χ1v) is 6.32. The summed E-state index contributed by atoms with van der Waals surface area (Å²) >= 11 is 0. The fourth-order valence-electron chi connectivity index (χ4n) is 1.60. The van der Waals surface area contributed by atoms with Crippen LogP contribution in [0.25, 0.3) is 0 Å². The fourth-order valence-corrected chi connectivity index (χ4v) is 1.60. The van der Waals surface area contributed by atoms with Gasteiger partial charge in [0.05, 0.1) is 12.3 Å². The van der Waals surface area contributed by atoms with Crippen LogP contribution >= 0.6 is 0 Å². The quantitative estimate of drug-likeness (QED) is 0.878. The molecule has 0 atom stereocenters. The highest BCUT2D eigenvalue weighted by atomic mass is 19.1. The molecule has 0 unspecified atom stereocenters. The zero-order chi connectivity index (χ0) is 14.5. The summed E-state index contributed by atoms with van der Waals surface area (Å²) in [7, 11) is 1.68. The van der Waals surface area contributed by atoms with Crippen molar-refractivity contribution >= 4 is 17.5 Å². The number of aromatic nitrogens is 2. The highest BCUT2D eigenvalue weighted by Gasteiger charge is 2.07. The predicted octanol–water partition coefficient (Wildman–Crippen LogP) is 3.19. The zero-order valence-corrected chi connectivity index (χ0v) is 11.6. The third-order valence-corrected chi connectivity index (χ3v) is 2.46. The van der Waals surface area contributed by atoms with Crippen molar-refractivity contribution in [3.8, 4) is 5.75 Å². The molecule has 0 aliphatic heterocycles. The van der Waals surface area contributed by atoms with Crippen molar-refractivity contribution in [1.29, 1.82) is 0 Å². The third kappa shape index (κ3) is 3.57. The molecule has 1 heterocycles. The summed E-state index contributed by atoms with van der Waals surface area (Å²) in [6.45, 7) is 3.92. The lowest BCUT2D eigenvalue weighted by Gasteiger charge is -2.11. The first-order chi connectivity index (χ1) is 9.58. The molecule has 0 fully saturated rings. The Morgan fingerprint density at radius 2 is 1.90 bits per heavy atom. The predicted molar refractivity (Wildman–Crippen MR) is 77.0 cm³/mol. The van der Waals surface area contributed by atoms with Crippen LogP contribution in [-0.2, 0) is 0 Å². The van der Waals surface area contributed by atoms with Crippen LogP contribution in [-0.4, -0.2) is 23.1 Å². The van der Waals surface area contributed by atoms with E-state index in [-0.39, 0.29) is 11.9 Å². The van der Waals surface area contributed by atoms with Gasteiger partial charge in [0.1, 0.15) is 5.75 Å². The molecule has 5 nitrogen and oxygen atoms in total. The second-order valence-corrected chi connectivity index (χ2v) is 4.46. The van der Waals surface area contributed by atoms with Gasteiger partial charge < -0.3 is 15.4 Å². The summed E-state index contributed by atoms with van der Waals surface area (Å²) in [4.78, 5) is 7.81. The van der Waals surface area contributed by atoms with Crippen LogP contribution in [0, 0.1) is 5.82 Å². The highest BCUT2D eigenvalue weighted by molar-refractivity contribution is 5.58. The van der Waals surface area contributed by atoms with Gasteiger partial charge in [-0.05, 0) is 38.1 Å². The molecular formula is C14H17FN4O. The van der Waals surface area contributed by atoms with Gasteiger partial charge in [0.15, 0.2) is 11.6 Å². The Hall–Kier alpha value is -2.37. The van der Waals surface area contributed by atoms with E-state index in [1.54, 1.807) is 19.2 Å². The molecule has 2 rings (SSSR count). The van der Waals surface area contributed by atoms with E-state index >= 15 is 0 Å². The van der Waals surface area contributed by atoms with E-state index in [0.717, 1.165) is 17.6 Å². The van der Waals surface area contributed by atoms with Gasteiger partial charge in [0.2, 0.25) is 5.95 Å². The molecule has 2 aromatic rings. The van der Waals surface area contributed by atoms with Crippen LogP contribution in [0.3, 0.4) is 0 Å². The summed E-state index contributed by atoms with van der Waals surface area (Å²) in [5.74, 6) is 0.742. The van der Waals surface area contributed by atoms with Crippen molar-refractivity contribution in [2.75, 3.05) is 17.7 Å². The first-order valence-electron chi connectivity index (χ1n) is 6.32. The van der Waals surface area contributed by atoms with Gasteiger partial charge in [0, 0.05) is 12.7 Å². The summed E-state index contributed by atoms with van der Waals surface area (Å²) in [6, 6.07) is 7.25. The molecule has 1 aromatic heterocycles. The van der Waals surface area contributed by atoms with E-state index in [2.05, 4.69) is 20.6 Å². The van der Waals surface area contributed by atoms with Crippen molar-refractivity contribution in [2.45, 2.75) is 20.0 Å². The largest absolute Gasteiger partial charge is 0.491 e. The maximum atomic E-state index is 13.6. The van der Waals surface area contributed by atoms with Gasteiger partial charge >= 0.3 is 0 Å². The molecule has 106 valence electrons. The number of rotatable bonds is 5. The smallest absolute Gasteiger partial charge is 0.224 e. The van der Waals surface area contributed by atoms with Crippen molar-refractivity contribution in [3.05, 3.63) is 36.3 Å². The van der Waals surface area contributed by atoms with Crippen LogP contribution in [0.5, 0.6) is 5.75 Å².